The van der Waals surface area contributed by atoms with E-state index < -0.39 is 59.7 Å². The van der Waals surface area contributed by atoms with Gasteiger partial charge in [-0.05, 0) is 31.7 Å². The van der Waals surface area contributed by atoms with Crippen molar-refractivity contribution in [1.29, 1.82) is 0 Å². The van der Waals surface area contributed by atoms with Gasteiger partial charge in [-0.25, -0.2) is 9.78 Å². The predicted octanol–water partition coefficient (Wildman–Crippen LogP) is -1.24. The summed E-state index contributed by atoms with van der Waals surface area (Å²) in [5, 5.41) is 29.0. The maximum atomic E-state index is 13.0. The molecule has 0 aromatic carbocycles. The molecule has 1 aliphatic heterocycles. The fourth-order valence-corrected chi connectivity index (χ4v) is 3.58. The molecule has 2 rings (SSSR count). The van der Waals surface area contributed by atoms with E-state index in [1.165, 1.54) is 12.5 Å². The van der Waals surface area contributed by atoms with Crippen LogP contribution in [0, 0.1) is 5.92 Å². The number of aromatic nitrogens is 2. The van der Waals surface area contributed by atoms with Crippen LogP contribution in [0.15, 0.2) is 12.5 Å². The van der Waals surface area contributed by atoms with Crippen LogP contribution < -0.4 is 21.3 Å². The van der Waals surface area contributed by atoms with Gasteiger partial charge in [0.1, 0.15) is 18.1 Å². The highest BCUT2D eigenvalue weighted by Gasteiger charge is 2.32. The van der Waals surface area contributed by atoms with E-state index in [1.54, 1.807) is 13.8 Å². The van der Waals surface area contributed by atoms with Crippen LogP contribution in [-0.2, 0) is 30.4 Å². The maximum Gasteiger partial charge on any atom is 0.326 e. The third-order valence-electron chi connectivity index (χ3n) is 5.50. The number of hydrogen-bond acceptors (Lipinski definition) is 7. The quantitative estimate of drug-likeness (QED) is 0.180. The first kappa shape index (κ1) is 26.8. The number of carboxylic acids is 2. The minimum atomic E-state index is -1.22. The highest BCUT2D eigenvalue weighted by atomic mass is 16.4. The zero-order valence-electron chi connectivity index (χ0n) is 19.2. The fourth-order valence-electron chi connectivity index (χ4n) is 3.58. The van der Waals surface area contributed by atoms with Crippen molar-refractivity contribution >= 4 is 29.7 Å². The molecule has 1 aromatic heterocycles. The Morgan fingerprint density at radius 2 is 1.79 bits per heavy atom. The molecule has 0 spiro atoms. The number of rotatable bonds is 13. The summed E-state index contributed by atoms with van der Waals surface area (Å²) in [5.74, 6) is -4.67. The van der Waals surface area contributed by atoms with E-state index in [9.17, 15) is 29.1 Å². The summed E-state index contributed by atoms with van der Waals surface area (Å²) in [4.78, 5) is 67.8. The van der Waals surface area contributed by atoms with Gasteiger partial charge in [0.15, 0.2) is 0 Å². The lowest BCUT2D eigenvalue weighted by Crippen LogP contribution is -2.58. The Morgan fingerprint density at radius 3 is 2.32 bits per heavy atom. The Hall–Kier alpha value is -3.48. The van der Waals surface area contributed by atoms with E-state index in [0.29, 0.717) is 18.7 Å². The molecule has 1 aromatic rings. The van der Waals surface area contributed by atoms with Crippen LogP contribution in [0.5, 0.6) is 0 Å². The molecule has 4 unspecified atom stereocenters. The van der Waals surface area contributed by atoms with Crippen molar-refractivity contribution in [3.05, 3.63) is 18.2 Å². The molecule has 3 amide bonds. The third kappa shape index (κ3) is 8.14. The molecule has 34 heavy (non-hydrogen) atoms. The molecular weight excluding hydrogens is 448 g/mol. The van der Waals surface area contributed by atoms with Crippen molar-refractivity contribution < 1.29 is 34.2 Å². The number of nitrogens with one attached hydrogen (secondary N) is 5. The molecular formula is C21H32N6O7. The lowest BCUT2D eigenvalue weighted by atomic mass is 10.0. The number of carbonyl (C=O) groups excluding carboxylic acids is 3. The van der Waals surface area contributed by atoms with Gasteiger partial charge >= 0.3 is 11.9 Å². The normalized spacial score (nSPS) is 18.0. The molecule has 0 saturated carbocycles. The van der Waals surface area contributed by atoms with Gasteiger partial charge in [0.25, 0.3) is 0 Å². The number of aromatic amines is 1. The fraction of sp³-hybridized carbons (Fsp3) is 0.619. The largest absolute Gasteiger partial charge is 0.481 e. The molecule has 2 heterocycles. The summed E-state index contributed by atoms with van der Waals surface area (Å²) in [6.07, 6.45) is 3.67. The number of amides is 3. The van der Waals surface area contributed by atoms with Crippen LogP contribution in [0.25, 0.3) is 0 Å². The lowest BCUT2D eigenvalue weighted by molar-refractivity contribution is -0.143. The van der Waals surface area contributed by atoms with Gasteiger partial charge in [0.2, 0.25) is 17.7 Å². The lowest BCUT2D eigenvalue weighted by Gasteiger charge is -2.25. The van der Waals surface area contributed by atoms with Crippen molar-refractivity contribution in [3.8, 4) is 0 Å². The first-order valence-electron chi connectivity index (χ1n) is 11.1. The smallest absolute Gasteiger partial charge is 0.326 e. The molecule has 1 fully saturated rings. The van der Waals surface area contributed by atoms with Gasteiger partial charge in [-0.3, -0.25) is 19.2 Å². The van der Waals surface area contributed by atoms with E-state index in [2.05, 4.69) is 31.2 Å². The highest BCUT2D eigenvalue weighted by Crippen LogP contribution is 2.09. The molecule has 0 bridgehead atoms. The standard InChI is InChI=1S/C21H32N6O7/c1-11(2)17(21(33)34)27-20(32)15(8-12-9-22-10-24-12)26-19(31)14(5-6-16(28)29)25-18(30)13-4-3-7-23-13/h9-11,13-15,17,23H,3-8H2,1-2H3,(H,22,24)(H,25,30)(H,26,31)(H,27,32)(H,28,29)(H,33,34). The van der Waals surface area contributed by atoms with E-state index >= 15 is 0 Å². The summed E-state index contributed by atoms with van der Waals surface area (Å²) < 4.78 is 0. The Bertz CT molecular complexity index is 867. The number of imidazole rings is 1. The van der Waals surface area contributed by atoms with Crippen LogP contribution >= 0.6 is 0 Å². The summed E-state index contributed by atoms with van der Waals surface area (Å²) in [6, 6.07) is -4.04. The Kier molecular flexibility index (Phi) is 9.98. The van der Waals surface area contributed by atoms with Gasteiger partial charge < -0.3 is 36.5 Å². The maximum absolute atomic E-state index is 13.0. The number of H-pyrrole nitrogens is 1. The number of nitrogens with zero attached hydrogens (tertiary/aromatic N) is 1. The van der Waals surface area contributed by atoms with Crippen molar-refractivity contribution in [3.63, 3.8) is 0 Å². The van der Waals surface area contributed by atoms with Crippen molar-refractivity contribution in [1.82, 2.24) is 31.2 Å². The molecule has 1 saturated heterocycles. The van der Waals surface area contributed by atoms with Crippen LogP contribution in [0.4, 0.5) is 0 Å². The first-order valence-corrected chi connectivity index (χ1v) is 11.1. The summed E-state index contributed by atoms with van der Waals surface area (Å²) in [6.45, 7) is 3.93. The minimum absolute atomic E-state index is 0.0220. The average molecular weight is 481 g/mol. The number of aliphatic carboxylic acids is 2. The summed E-state index contributed by atoms with van der Waals surface area (Å²) in [7, 11) is 0. The Morgan fingerprint density at radius 1 is 1.09 bits per heavy atom. The molecule has 1 aliphatic rings. The third-order valence-corrected chi connectivity index (χ3v) is 5.50. The second-order valence-electron chi connectivity index (χ2n) is 8.55. The van der Waals surface area contributed by atoms with E-state index in [0.717, 1.165) is 6.42 Å². The second kappa shape index (κ2) is 12.7. The van der Waals surface area contributed by atoms with Gasteiger partial charge in [-0.15, -0.1) is 0 Å². The molecule has 0 aliphatic carbocycles. The second-order valence-corrected chi connectivity index (χ2v) is 8.55. The number of hydrogen-bond donors (Lipinski definition) is 7. The topological polar surface area (TPSA) is 203 Å². The van der Waals surface area contributed by atoms with Crippen molar-refractivity contribution in [2.75, 3.05) is 6.54 Å². The number of carbonyl (C=O) groups is 5. The molecule has 0 radical (unpaired) electrons. The average Bonchev–Trinajstić information content (AvgIpc) is 3.47. The number of carboxylic acid groups (broad SMARTS) is 2. The molecule has 13 heteroatoms. The zero-order chi connectivity index (χ0) is 25.3. The van der Waals surface area contributed by atoms with Crippen LogP contribution in [0.3, 0.4) is 0 Å². The van der Waals surface area contributed by atoms with Gasteiger partial charge in [0.05, 0.1) is 12.4 Å². The Balaban J connectivity index is 2.17. The summed E-state index contributed by atoms with van der Waals surface area (Å²) >= 11 is 0. The minimum Gasteiger partial charge on any atom is -0.481 e. The van der Waals surface area contributed by atoms with Gasteiger partial charge in [-0.1, -0.05) is 13.8 Å². The monoisotopic (exact) mass is 480 g/mol. The molecule has 4 atom stereocenters. The predicted molar refractivity (Wildman–Crippen MR) is 118 cm³/mol. The summed E-state index contributed by atoms with van der Waals surface area (Å²) in [5.41, 5.74) is 0.512. The van der Waals surface area contributed by atoms with Crippen molar-refractivity contribution in [2.45, 2.75) is 70.1 Å². The van der Waals surface area contributed by atoms with Crippen LogP contribution in [-0.4, -0.2) is 80.6 Å². The van der Waals surface area contributed by atoms with Crippen LogP contribution in [0.1, 0.15) is 45.2 Å². The van der Waals surface area contributed by atoms with E-state index in [1.807, 2.05) is 0 Å². The van der Waals surface area contributed by atoms with Gasteiger partial charge in [0, 0.05) is 24.7 Å². The van der Waals surface area contributed by atoms with E-state index in [-0.39, 0.29) is 19.3 Å². The molecule has 13 nitrogen and oxygen atoms in total. The highest BCUT2D eigenvalue weighted by molar-refractivity contribution is 5.94. The van der Waals surface area contributed by atoms with Gasteiger partial charge in [-0.2, -0.15) is 0 Å². The Labute approximate surface area is 196 Å². The zero-order valence-corrected chi connectivity index (χ0v) is 19.2. The molecule has 7 N–H and O–H groups in total. The molecule has 188 valence electrons. The first-order chi connectivity index (χ1) is 16.1. The van der Waals surface area contributed by atoms with Crippen LogP contribution in [0.2, 0.25) is 0 Å². The SMILES string of the molecule is CC(C)C(NC(=O)C(Cc1cnc[nH]1)NC(=O)C(CCC(=O)O)NC(=O)C1CCCN1)C(=O)O. The van der Waals surface area contributed by atoms with Crippen molar-refractivity contribution in [2.24, 2.45) is 5.92 Å². The van der Waals surface area contributed by atoms with E-state index in [4.69, 9.17) is 5.11 Å².